The summed E-state index contributed by atoms with van der Waals surface area (Å²) in [5.41, 5.74) is -0.616. The van der Waals surface area contributed by atoms with Crippen molar-refractivity contribution in [2.24, 2.45) is 0 Å². The van der Waals surface area contributed by atoms with E-state index in [-0.39, 0.29) is 17.3 Å². The fourth-order valence-electron chi connectivity index (χ4n) is 2.39. The van der Waals surface area contributed by atoms with E-state index in [1.807, 2.05) is 0 Å². The summed E-state index contributed by atoms with van der Waals surface area (Å²) in [5.74, 6) is -1.02. The van der Waals surface area contributed by atoms with Crippen molar-refractivity contribution in [2.75, 3.05) is 0 Å². The average Bonchev–Trinajstić information content (AvgIpc) is 2.48. The largest absolute Gasteiger partial charge is 0.415 e. The number of nitrogens with one attached hydrogen (secondary N) is 1. The number of esters is 1. The summed E-state index contributed by atoms with van der Waals surface area (Å²) in [5, 5.41) is 13.4. The van der Waals surface area contributed by atoms with Gasteiger partial charge in [0.15, 0.2) is 0 Å². The Morgan fingerprint density at radius 3 is 2.52 bits per heavy atom. The molecule has 0 saturated heterocycles. The van der Waals surface area contributed by atoms with Gasteiger partial charge in [-0.1, -0.05) is 31.4 Å². The second-order valence-electron chi connectivity index (χ2n) is 4.93. The van der Waals surface area contributed by atoms with Crippen molar-refractivity contribution in [3.8, 4) is 0 Å². The quantitative estimate of drug-likeness (QED) is 0.400. The van der Waals surface area contributed by atoms with Gasteiger partial charge in [-0.3, -0.25) is 10.1 Å². The number of carbonyl (C=O) groups is 2. The van der Waals surface area contributed by atoms with Gasteiger partial charge in [-0.25, -0.2) is 9.59 Å². The molecule has 7 nitrogen and oxygen atoms in total. The van der Waals surface area contributed by atoms with E-state index in [9.17, 15) is 19.7 Å². The number of carbonyl (C=O) groups excluding carboxylic acids is 2. The molecule has 1 aliphatic rings. The number of rotatable bonds is 3. The molecule has 2 rings (SSSR count). The number of para-hydroxylation sites is 1. The average molecular weight is 292 g/mol. The van der Waals surface area contributed by atoms with E-state index in [0.29, 0.717) is 0 Å². The third-order valence-electron chi connectivity index (χ3n) is 3.43. The first-order valence-corrected chi connectivity index (χ1v) is 6.84. The molecule has 1 fully saturated rings. The summed E-state index contributed by atoms with van der Waals surface area (Å²) < 4.78 is 4.64. The minimum absolute atomic E-state index is 0.00445. The van der Waals surface area contributed by atoms with Crippen LogP contribution in [0.3, 0.4) is 0 Å². The van der Waals surface area contributed by atoms with Crippen LogP contribution in [0.4, 0.5) is 10.5 Å². The van der Waals surface area contributed by atoms with Crippen LogP contribution in [0.25, 0.3) is 0 Å². The van der Waals surface area contributed by atoms with E-state index in [1.54, 1.807) is 0 Å². The zero-order valence-corrected chi connectivity index (χ0v) is 11.4. The van der Waals surface area contributed by atoms with Crippen molar-refractivity contribution in [1.29, 1.82) is 0 Å². The standard InChI is InChI=1S/C14H16N2O5/c17-13(11-8-4-5-9-12(11)16(19)20)21-14(18)15-10-6-2-1-3-7-10/h4-5,8-10H,1-3,6-7H2,(H,15,18). The van der Waals surface area contributed by atoms with Crippen LogP contribution in [-0.2, 0) is 4.74 Å². The highest BCUT2D eigenvalue weighted by Crippen LogP contribution is 2.19. The smallest absolute Gasteiger partial charge is 0.372 e. The number of alkyl carbamates (subject to hydrolysis) is 1. The molecule has 1 N–H and O–H groups in total. The van der Waals surface area contributed by atoms with Gasteiger partial charge in [-0.05, 0) is 18.9 Å². The van der Waals surface area contributed by atoms with Crippen molar-refractivity contribution in [1.82, 2.24) is 5.32 Å². The van der Waals surface area contributed by atoms with Crippen LogP contribution in [-0.4, -0.2) is 23.0 Å². The minimum atomic E-state index is -1.02. The summed E-state index contributed by atoms with van der Waals surface area (Å²) in [6, 6.07) is 5.37. The molecule has 1 amide bonds. The van der Waals surface area contributed by atoms with Crippen molar-refractivity contribution < 1.29 is 19.2 Å². The number of ether oxygens (including phenoxy) is 1. The Bertz CT molecular complexity index is 552. The summed E-state index contributed by atoms with van der Waals surface area (Å²) in [7, 11) is 0. The van der Waals surface area contributed by atoms with Gasteiger partial charge in [0.2, 0.25) is 0 Å². The van der Waals surface area contributed by atoms with Crippen LogP contribution in [0, 0.1) is 10.1 Å². The lowest BCUT2D eigenvalue weighted by Crippen LogP contribution is -2.37. The van der Waals surface area contributed by atoms with Crippen molar-refractivity contribution >= 4 is 17.7 Å². The van der Waals surface area contributed by atoms with Gasteiger partial charge >= 0.3 is 12.1 Å². The number of hydrogen-bond donors (Lipinski definition) is 1. The Balaban J connectivity index is 1.97. The first-order valence-electron chi connectivity index (χ1n) is 6.84. The van der Waals surface area contributed by atoms with Crippen molar-refractivity contribution in [2.45, 2.75) is 38.1 Å². The van der Waals surface area contributed by atoms with Crippen molar-refractivity contribution in [3.05, 3.63) is 39.9 Å². The Morgan fingerprint density at radius 1 is 1.19 bits per heavy atom. The molecule has 112 valence electrons. The molecule has 1 aromatic carbocycles. The number of nitro benzene ring substituents is 1. The van der Waals surface area contributed by atoms with Crippen LogP contribution in [0.15, 0.2) is 24.3 Å². The lowest BCUT2D eigenvalue weighted by molar-refractivity contribution is -0.385. The number of hydrogen-bond acceptors (Lipinski definition) is 5. The van der Waals surface area contributed by atoms with E-state index < -0.39 is 17.0 Å². The molecule has 21 heavy (non-hydrogen) atoms. The molecule has 0 aromatic heterocycles. The molecule has 0 spiro atoms. The minimum Gasteiger partial charge on any atom is -0.372 e. The monoisotopic (exact) mass is 292 g/mol. The highest BCUT2D eigenvalue weighted by atomic mass is 16.6. The van der Waals surface area contributed by atoms with Crippen molar-refractivity contribution in [3.63, 3.8) is 0 Å². The third kappa shape index (κ3) is 4.01. The molecule has 0 unspecified atom stereocenters. The van der Waals surface area contributed by atoms with Crippen LogP contribution >= 0.6 is 0 Å². The molecule has 0 heterocycles. The van der Waals surface area contributed by atoms with E-state index >= 15 is 0 Å². The maximum Gasteiger partial charge on any atom is 0.415 e. The predicted molar refractivity (Wildman–Crippen MR) is 73.9 cm³/mol. The Hall–Kier alpha value is -2.44. The number of amides is 1. The maximum atomic E-state index is 11.8. The molecular formula is C14H16N2O5. The number of nitro groups is 1. The normalized spacial score (nSPS) is 15.2. The van der Waals surface area contributed by atoms with Gasteiger partial charge in [0.1, 0.15) is 5.56 Å². The second kappa shape index (κ2) is 6.83. The topological polar surface area (TPSA) is 98.5 Å². The highest BCUT2D eigenvalue weighted by Gasteiger charge is 2.24. The van der Waals surface area contributed by atoms with E-state index in [1.165, 1.54) is 24.3 Å². The number of benzene rings is 1. The van der Waals surface area contributed by atoms with Gasteiger partial charge in [-0.15, -0.1) is 0 Å². The first kappa shape index (κ1) is 15.0. The van der Waals surface area contributed by atoms with Gasteiger partial charge in [0, 0.05) is 12.1 Å². The van der Waals surface area contributed by atoms with Gasteiger partial charge in [-0.2, -0.15) is 0 Å². The van der Waals surface area contributed by atoms with Gasteiger partial charge in [0.25, 0.3) is 5.69 Å². The fourth-order valence-corrected chi connectivity index (χ4v) is 2.39. The molecular weight excluding hydrogens is 276 g/mol. The van der Waals surface area contributed by atoms with Crippen LogP contribution in [0.5, 0.6) is 0 Å². The summed E-state index contributed by atoms with van der Waals surface area (Å²) in [4.78, 5) is 33.6. The van der Waals surface area contributed by atoms with Crippen LogP contribution in [0.1, 0.15) is 42.5 Å². The lowest BCUT2D eigenvalue weighted by atomic mass is 9.96. The SMILES string of the molecule is O=C(NC1CCCCC1)OC(=O)c1ccccc1[N+](=O)[O-]. The molecule has 0 bridgehead atoms. The third-order valence-corrected chi connectivity index (χ3v) is 3.43. The summed E-state index contributed by atoms with van der Waals surface area (Å²) in [6.45, 7) is 0. The van der Waals surface area contributed by atoms with Gasteiger partial charge < -0.3 is 10.1 Å². The van der Waals surface area contributed by atoms with Crippen LogP contribution < -0.4 is 5.32 Å². The predicted octanol–water partition coefficient (Wildman–Crippen LogP) is 2.79. The maximum absolute atomic E-state index is 11.8. The molecule has 1 saturated carbocycles. The molecule has 0 atom stereocenters. The highest BCUT2D eigenvalue weighted by molar-refractivity contribution is 5.99. The Kier molecular flexibility index (Phi) is 4.86. The van der Waals surface area contributed by atoms with Gasteiger partial charge in [0.05, 0.1) is 4.92 Å². The molecule has 1 aliphatic carbocycles. The van der Waals surface area contributed by atoms with E-state index in [0.717, 1.165) is 32.1 Å². The molecule has 0 aliphatic heterocycles. The zero-order chi connectivity index (χ0) is 15.2. The Labute approximate surface area is 121 Å². The molecule has 0 radical (unpaired) electrons. The molecule has 1 aromatic rings. The molecule has 7 heteroatoms. The zero-order valence-electron chi connectivity index (χ0n) is 11.4. The van der Waals surface area contributed by atoms with Crippen LogP contribution in [0.2, 0.25) is 0 Å². The lowest BCUT2D eigenvalue weighted by Gasteiger charge is -2.21. The Morgan fingerprint density at radius 2 is 1.86 bits per heavy atom. The summed E-state index contributed by atoms with van der Waals surface area (Å²) >= 11 is 0. The fraction of sp³-hybridized carbons (Fsp3) is 0.429. The number of nitrogens with zero attached hydrogens (tertiary/aromatic N) is 1. The first-order chi connectivity index (χ1) is 10.1. The second-order valence-corrected chi connectivity index (χ2v) is 4.93. The summed E-state index contributed by atoms with van der Waals surface area (Å²) in [6.07, 6.45) is 4.06. The van der Waals surface area contributed by atoms with E-state index in [4.69, 9.17) is 0 Å². The van der Waals surface area contributed by atoms with E-state index in [2.05, 4.69) is 10.1 Å².